The van der Waals surface area contributed by atoms with E-state index >= 15 is 0 Å². The van der Waals surface area contributed by atoms with Gasteiger partial charge in [-0.05, 0) is 43.3 Å². The molecule has 0 aromatic carbocycles. The van der Waals surface area contributed by atoms with Gasteiger partial charge in [-0.1, -0.05) is 48.5 Å². The molecule has 2 fully saturated rings. The summed E-state index contributed by atoms with van der Waals surface area (Å²) in [6.45, 7) is 16.6. The lowest BCUT2D eigenvalue weighted by Crippen LogP contribution is -2.71. The molecular weight excluding hydrogens is 474 g/mol. The quantitative estimate of drug-likeness (QED) is 0.247. The van der Waals surface area contributed by atoms with Gasteiger partial charge in [0, 0.05) is 48.3 Å². The molecule has 2 saturated carbocycles. The van der Waals surface area contributed by atoms with E-state index in [4.69, 9.17) is 14.9 Å². The van der Waals surface area contributed by atoms with Crippen LogP contribution >= 0.6 is 0 Å². The summed E-state index contributed by atoms with van der Waals surface area (Å²) in [5.74, 6) is -3.49. The number of aliphatic hydroxyl groups excluding tert-OH is 1. The van der Waals surface area contributed by atoms with Crippen LogP contribution in [-0.2, 0) is 19.1 Å². The molecule has 4 N–H and O–H groups in total. The van der Waals surface area contributed by atoms with Crippen LogP contribution in [0.1, 0.15) is 75.2 Å². The van der Waals surface area contributed by atoms with Crippen molar-refractivity contribution in [2.75, 3.05) is 7.11 Å². The van der Waals surface area contributed by atoms with E-state index in [9.17, 15) is 24.9 Å². The summed E-state index contributed by atoms with van der Waals surface area (Å²) >= 11 is 0. The van der Waals surface area contributed by atoms with E-state index in [0.717, 1.165) is 11.8 Å². The van der Waals surface area contributed by atoms with Crippen LogP contribution in [0, 0.1) is 45.8 Å². The molecule has 37 heavy (non-hydrogen) atoms. The normalized spacial score (nSPS) is 45.3. The topological polar surface area (TPSA) is 137 Å². The molecule has 3 aliphatic carbocycles. The Labute approximate surface area is 221 Å². The molecule has 8 nitrogen and oxygen atoms in total. The Kier molecular flexibility index (Phi) is 7.72. The number of rotatable bonds is 5. The van der Waals surface area contributed by atoms with Gasteiger partial charge in [0.15, 0.2) is 6.10 Å². The molecule has 0 aromatic rings. The second kappa shape index (κ2) is 9.54. The van der Waals surface area contributed by atoms with Crippen LogP contribution in [0.15, 0.2) is 11.1 Å². The van der Waals surface area contributed by atoms with Gasteiger partial charge in [0.05, 0.1) is 17.3 Å². The molecule has 3 rings (SSSR count). The Morgan fingerprint density at radius 2 is 1.73 bits per heavy atom. The zero-order valence-corrected chi connectivity index (χ0v) is 24.1. The Morgan fingerprint density at radius 1 is 1.16 bits per heavy atom. The second-order valence-electron chi connectivity index (χ2n) is 13.0. The molecule has 0 heterocycles. The van der Waals surface area contributed by atoms with Gasteiger partial charge in [-0.15, -0.1) is 0 Å². The molecule has 0 saturated heterocycles. The number of ether oxygens (including phenoxy) is 2. The molecule has 210 valence electrons. The van der Waals surface area contributed by atoms with Crippen molar-refractivity contribution >= 4 is 18.0 Å². The maximum absolute atomic E-state index is 14.5. The lowest BCUT2D eigenvalue weighted by Gasteiger charge is -2.65. The Balaban J connectivity index is 2.25. The standard InChI is InChI=1S/C29H47NO7/c1-14(13-30)22(31)25(33)37-19-12-29(35)18(5)23-27(8,15(2)11-20(36-10)28(23,9)34)24(32)17(4)21(16(19)3)26(29,6)7/h13-15,17-20,22-23,30-31,34-35H,11-12H2,1-10H3/t14?,15-,17+,18?,19?,20?,22?,23?,27+,28?,29?/m0/s1. The summed E-state index contributed by atoms with van der Waals surface area (Å²) < 4.78 is 11.5. The first-order valence-electron chi connectivity index (χ1n) is 13.5. The van der Waals surface area contributed by atoms with Crippen LogP contribution in [0.3, 0.4) is 0 Å². The van der Waals surface area contributed by atoms with E-state index in [1.54, 1.807) is 21.0 Å². The summed E-state index contributed by atoms with van der Waals surface area (Å²) in [5, 5.41) is 42.4. The third kappa shape index (κ3) is 4.05. The third-order valence-electron chi connectivity index (χ3n) is 10.8. The molecule has 8 heteroatoms. The van der Waals surface area contributed by atoms with Crippen LogP contribution in [0.5, 0.6) is 0 Å². The number of methoxy groups -OCH3 is 1. The summed E-state index contributed by atoms with van der Waals surface area (Å²) in [4.78, 5) is 27.3. The van der Waals surface area contributed by atoms with Gasteiger partial charge in [-0.2, -0.15) is 0 Å². The van der Waals surface area contributed by atoms with E-state index in [0.29, 0.717) is 12.0 Å². The maximum atomic E-state index is 14.5. The highest BCUT2D eigenvalue weighted by Crippen LogP contribution is 2.65. The van der Waals surface area contributed by atoms with Gasteiger partial charge in [-0.25, -0.2) is 4.79 Å². The van der Waals surface area contributed by atoms with Crippen molar-refractivity contribution in [3.63, 3.8) is 0 Å². The van der Waals surface area contributed by atoms with Gasteiger partial charge < -0.3 is 30.2 Å². The van der Waals surface area contributed by atoms with Gasteiger partial charge in [0.25, 0.3) is 0 Å². The molecule has 11 atom stereocenters. The van der Waals surface area contributed by atoms with E-state index in [1.807, 2.05) is 48.5 Å². The number of hydrogen-bond acceptors (Lipinski definition) is 8. The summed E-state index contributed by atoms with van der Waals surface area (Å²) in [6, 6.07) is 0. The highest BCUT2D eigenvalue weighted by molar-refractivity contribution is 5.90. The minimum atomic E-state index is -1.51. The molecule has 2 bridgehead atoms. The van der Waals surface area contributed by atoms with E-state index in [2.05, 4.69) is 0 Å². The van der Waals surface area contributed by atoms with Crippen molar-refractivity contribution in [3.05, 3.63) is 11.1 Å². The third-order valence-corrected chi connectivity index (χ3v) is 10.8. The van der Waals surface area contributed by atoms with Crippen LogP contribution in [-0.4, -0.2) is 69.9 Å². The Morgan fingerprint density at radius 3 is 2.24 bits per heavy atom. The van der Waals surface area contributed by atoms with Crippen molar-refractivity contribution < 1.29 is 34.4 Å². The molecule has 0 aliphatic heterocycles. The van der Waals surface area contributed by atoms with Crippen LogP contribution in [0.2, 0.25) is 0 Å². The van der Waals surface area contributed by atoms with Crippen LogP contribution < -0.4 is 0 Å². The minimum absolute atomic E-state index is 0.000549. The number of nitrogens with one attached hydrogen (secondary N) is 1. The second-order valence-corrected chi connectivity index (χ2v) is 13.0. The minimum Gasteiger partial charge on any atom is -0.456 e. The first-order chi connectivity index (χ1) is 16.8. The number of ketones is 1. The monoisotopic (exact) mass is 521 g/mol. The highest BCUT2D eigenvalue weighted by Gasteiger charge is 2.69. The van der Waals surface area contributed by atoms with E-state index in [-0.39, 0.29) is 18.1 Å². The van der Waals surface area contributed by atoms with Crippen molar-refractivity contribution in [1.82, 2.24) is 0 Å². The number of Topliss-reactive ketones (excluding diaryl/α,β-unsaturated/α-hetero) is 1. The fraction of sp³-hybridized carbons (Fsp3) is 0.828. The van der Waals surface area contributed by atoms with Crippen LogP contribution in [0.4, 0.5) is 0 Å². The van der Waals surface area contributed by atoms with Crippen molar-refractivity contribution in [3.8, 4) is 0 Å². The number of aliphatic hydroxyl groups is 3. The van der Waals surface area contributed by atoms with Crippen molar-refractivity contribution in [1.29, 1.82) is 5.41 Å². The molecular formula is C29H47NO7. The molecule has 0 radical (unpaired) electrons. The molecule has 0 spiro atoms. The summed E-state index contributed by atoms with van der Waals surface area (Å²) in [6.07, 6.45) is -1.31. The van der Waals surface area contributed by atoms with Gasteiger partial charge in [0.2, 0.25) is 0 Å². The first-order valence-corrected chi connectivity index (χ1v) is 13.5. The first kappa shape index (κ1) is 29.9. The molecule has 0 aromatic heterocycles. The van der Waals surface area contributed by atoms with E-state index in [1.165, 1.54) is 0 Å². The Hall–Kier alpha value is -1.61. The predicted molar refractivity (Wildman–Crippen MR) is 140 cm³/mol. The van der Waals surface area contributed by atoms with Crippen molar-refractivity contribution in [2.45, 2.75) is 105 Å². The number of hydrogen-bond donors (Lipinski definition) is 4. The number of esters is 1. The number of fused-ring (bicyclic) bond motifs is 3. The maximum Gasteiger partial charge on any atom is 0.336 e. The number of carbonyl (C=O) groups excluding carboxylic acids is 2. The summed E-state index contributed by atoms with van der Waals surface area (Å²) in [5.41, 5.74) is -3.19. The molecule has 0 amide bonds. The predicted octanol–water partition coefficient (Wildman–Crippen LogP) is 3.31. The van der Waals surface area contributed by atoms with Crippen molar-refractivity contribution in [2.24, 2.45) is 40.4 Å². The average Bonchev–Trinajstić information content (AvgIpc) is 2.82. The van der Waals surface area contributed by atoms with Crippen LogP contribution in [0.25, 0.3) is 0 Å². The Bertz CT molecular complexity index is 987. The smallest absolute Gasteiger partial charge is 0.336 e. The lowest BCUT2D eigenvalue weighted by atomic mass is 9.41. The zero-order chi connectivity index (χ0) is 28.5. The van der Waals surface area contributed by atoms with Gasteiger partial charge >= 0.3 is 5.97 Å². The average molecular weight is 522 g/mol. The zero-order valence-electron chi connectivity index (χ0n) is 24.1. The molecule has 3 aliphatic rings. The molecule has 8 unspecified atom stereocenters. The fourth-order valence-electron chi connectivity index (χ4n) is 8.42. The van der Waals surface area contributed by atoms with Gasteiger partial charge in [0.1, 0.15) is 11.9 Å². The SMILES string of the molecule is COC1C[C@H](C)[C@@]2(C)C(=O)[C@H](C)C3=C(C)C(OC(=O)C(O)C(C)C=N)CC(O)(C(C)C2C1(C)O)C3(C)C. The lowest BCUT2D eigenvalue weighted by molar-refractivity contribution is -0.248. The summed E-state index contributed by atoms with van der Waals surface area (Å²) in [7, 11) is 1.56. The number of carbonyl (C=O) groups is 2. The largest absolute Gasteiger partial charge is 0.456 e. The highest BCUT2D eigenvalue weighted by atomic mass is 16.6. The van der Waals surface area contributed by atoms with E-state index < -0.39 is 70.0 Å². The van der Waals surface area contributed by atoms with Gasteiger partial charge in [-0.3, -0.25) is 4.79 Å². The fourth-order valence-corrected chi connectivity index (χ4v) is 8.42.